The molecule has 1 aromatic heterocycles. The summed E-state index contributed by atoms with van der Waals surface area (Å²) in [6.07, 6.45) is 1.88. The van der Waals surface area contributed by atoms with Crippen LogP contribution in [-0.2, 0) is 5.41 Å². The third kappa shape index (κ3) is 2.16. The Hall–Kier alpha value is -1.95. The summed E-state index contributed by atoms with van der Waals surface area (Å²) in [4.78, 5) is 0. The van der Waals surface area contributed by atoms with Crippen LogP contribution in [0.4, 0.5) is 0 Å². The van der Waals surface area contributed by atoms with Gasteiger partial charge in [0.15, 0.2) is 5.82 Å². The van der Waals surface area contributed by atoms with Crippen molar-refractivity contribution < 1.29 is 4.74 Å². The van der Waals surface area contributed by atoms with Crippen molar-refractivity contribution in [3.63, 3.8) is 0 Å². The average Bonchev–Trinajstić information content (AvgIpc) is 3.04. The third-order valence-corrected chi connectivity index (χ3v) is 3.93. The van der Waals surface area contributed by atoms with Gasteiger partial charge in [0.1, 0.15) is 5.75 Å². The van der Waals surface area contributed by atoms with Crippen molar-refractivity contribution in [2.45, 2.75) is 25.2 Å². The highest BCUT2D eigenvalue weighted by Gasteiger charge is 2.41. The van der Waals surface area contributed by atoms with Crippen LogP contribution >= 0.6 is 0 Å². The van der Waals surface area contributed by atoms with Crippen LogP contribution < -0.4 is 10.1 Å². The van der Waals surface area contributed by atoms with Crippen LogP contribution in [0.2, 0.25) is 0 Å². The third-order valence-electron chi connectivity index (χ3n) is 3.93. The lowest BCUT2D eigenvalue weighted by atomic mass is 9.72. The lowest BCUT2D eigenvalue weighted by Gasteiger charge is -2.36. The van der Waals surface area contributed by atoms with Crippen LogP contribution in [0.1, 0.15) is 31.2 Å². The summed E-state index contributed by atoms with van der Waals surface area (Å²) in [6.45, 7) is 4.53. The first-order valence-electron chi connectivity index (χ1n) is 7.04. The Morgan fingerprint density at radius 3 is 2.75 bits per heavy atom. The van der Waals surface area contributed by atoms with E-state index in [2.05, 4.69) is 32.0 Å². The molecule has 1 aliphatic rings. The lowest BCUT2D eigenvalue weighted by molar-refractivity contribution is 0.303. The predicted molar refractivity (Wildman–Crippen MR) is 74.7 cm³/mol. The topological polar surface area (TPSA) is 75.7 Å². The van der Waals surface area contributed by atoms with Gasteiger partial charge in [0.05, 0.1) is 12.0 Å². The van der Waals surface area contributed by atoms with Crippen LogP contribution in [0.5, 0.6) is 5.75 Å². The molecule has 0 atom stereocenters. The van der Waals surface area contributed by atoms with Gasteiger partial charge in [0, 0.05) is 5.56 Å². The molecule has 0 bridgehead atoms. The fourth-order valence-electron chi connectivity index (χ4n) is 2.97. The number of hydrogen-bond donors (Lipinski definition) is 2. The summed E-state index contributed by atoms with van der Waals surface area (Å²) >= 11 is 0. The fraction of sp³-hybridized carbons (Fsp3) is 0.500. The van der Waals surface area contributed by atoms with E-state index >= 15 is 0 Å². The maximum atomic E-state index is 5.81. The number of nitrogens with zero attached hydrogens (tertiary/aromatic N) is 3. The van der Waals surface area contributed by atoms with Crippen molar-refractivity contribution in [3.05, 3.63) is 35.7 Å². The van der Waals surface area contributed by atoms with Crippen molar-refractivity contribution in [2.24, 2.45) is 0 Å². The Bertz CT molecular complexity index is 548. The largest absolute Gasteiger partial charge is 0.494 e. The van der Waals surface area contributed by atoms with Gasteiger partial charge in [0.2, 0.25) is 0 Å². The van der Waals surface area contributed by atoms with E-state index in [1.165, 1.54) is 0 Å². The average molecular weight is 273 g/mol. The summed E-state index contributed by atoms with van der Waals surface area (Å²) < 4.78 is 5.81. The van der Waals surface area contributed by atoms with Crippen LogP contribution in [0, 0.1) is 0 Å². The van der Waals surface area contributed by atoms with E-state index in [0.29, 0.717) is 6.61 Å². The molecule has 2 aromatic rings. The molecule has 1 aliphatic heterocycles. The molecule has 2 heterocycles. The molecular weight excluding hydrogens is 254 g/mol. The summed E-state index contributed by atoms with van der Waals surface area (Å²) in [7, 11) is 0. The molecule has 6 nitrogen and oxygen atoms in total. The van der Waals surface area contributed by atoms with Crippen LogP contribution in [0.3, 0.4) is 0 Å². The minimum atomic E-state index is -0.218. The van der Waals surface area contributed by atoms with Gasteiger partial charge in [-0.25, -0.2) is 0 Å². The van der Waals surface area contributed by atoms with Crippen molar-refractivity contribution >= 4 is 0 Å². The summed E-state index contributed by atoms with van der Waals surface area (Å²) in [5.74, 6) is 1.67. The molecule has 3 rings (SSSR count). The molecule has 0 spiro atoms. The minimum absolute atomic E-state index is 0.218. The van der Waals surface area contributed by atoms with E-state index in [-0.39, 0.29) is 5.41 Å². The highest BCUT2D eigenvalue weighted by molar-refractivity contribution is 5.44. The number of H-pyrrole nitrogens is 1. The molecule has 0 aliphatic carbocycles. The Kier molecular flexibility index (Phi) is 3.64. The summed E-state index contributed by atoms with van der Waals surface area (Å²) in [6, 6.07) is 8.18. The number of ether oxygens (including phenoxy) is 1. The molecule has 0 amide bonds. The Balaban J connectivity index is 2.10. The first-order valence-corrected chi connectivity index (χ1v) is 7.04. The molecule has 0 radical (unpaired) electrons. The van der Waals surface area contributed by atoms with Gasteiger partial charge in [-0.2, -0.15) is 5.21 Å². The smallest absolute Gasteiger partial charge is 0.185 e. The standard InChI is InChI=1S/C14H19N5O/c1-2-20-12-6-4-3-5-11(12)14(7-9-15-10-8-14)13-16-18-19-17-13/h3-6,15H,2,7-10H2,1H3,(H,16,17,18,19). The molecule has 2 N–H and O–H groups in total. The van der Waals surface area contributed by atoms with Crippen molar-refractivity contribution in [1.82, 2.24) is 25.9 Å². The SMILES string of the molecule is CCOc1ccccc1C1(c2nn[nH]n2)CCNCC1. The highest BCUT2D eigenvalue weighted by Crippen LogP contribution is 2.42. The normalized spacial score (nSPS) is 17.9. The molecule has 106 valence electrons. The molecule has 1 aromatic carbocycles. The van der Waals surface area contributed by atoms with Crippen LogP contribution in [0.15, 0.2) is 24.3 Å². The van der Waals surface area contributed by atoms with E-state index in [0.717, 1.165) is 43.1 Å². The van der Waals surface area contributed by atoms with E-state index in [4.69, 9.17) is 4.74 Å². The van der Waals surface area contributed by atoms with Crippen molar-refractivity contribution in [3.8, 4) is 5.75 Å². The van der Waals surface area contributed by atoms with E-state index in [1.807, 2.05) is 25.1 Å². The van der Waals surface area contributed by atoms with Crippen LogP contribution in [-0.4, -0.2) is 40.3 Å². The summed E-state index contributed by atoms with van der Waals surface area (Å²) in [5, 5.41) is 18.2. The molecule has 6 heteroatoms. The van der Waals surface area contributed by atoms with Gasteiger partial charge in [-0.15, -0.1) is 10.2 Å². The molecular formula is C14H19N5O. The number of rotatable bonds is 4. The Morgan fingerprint density at radius 2 is 2.05 bits per heavy atom. The number of para-hydroxylation sites is 1. The number of piperidine rings is 1. The number of aromatic amines is 1. The fourth-order valence-corrected chi connectivity index (χ4v) is 2.97. The second-order valence-electron chi connectivity index (χ2n) is 5.00. The first kappa shape index (κ1) is 13.1. The molecule has 0 saturated carbocycles. The maximum absolute atomic E-state index is 5.81. The maximum Gasteiger partial charge on any atom is 0.185 e. The minimum Gasteiger partial charge on any atom is -0.494 e. The second-order valence-corrected chi connectivity index (χ2v) is 5.00. The zero-order chi connectivity index (χ0) is 13.8. The Labute approximate surface area is 117 Å². The zero-order valence-electron chi connectivity index (χ0n) is 11.6. The first-order chi connectivity index (χ1) is 9.87. The number of aromatic nitrogens is 4. The van der Waals surface area contributed by atoms with Crippen LogP contribution in [0.25, 0.3) is 0 Å². The lowest BCUT2D eigenvalue weighted by Crippen LogP contribution is -2.41. The number of nitrogens with one attached hydrogen (secondary N) is 2. The van der Waals surface area contributed by atoms with Gasteiger partial charge >= 0.3 is 0 Å². The monoisotopic (exact) mass is 273 g/mol. The van der Waals surface area contributed by atoms with Crippen molar-refractivity contribution in [2.75, 3.05) is 19.7 Å². The van der Waals surface area contributed by atoms with E-state index < -0.39 is 0 Å². The van der Waals surface area contributed by atoms with Gasteiger partial charge in [-0.3, -0.25) is 0 Å². The number of tetrazole rings is 1. The van der Waals surface area contributed by atoms with E-state index in [1.54, 1.807) is 0 Å². The van der Waals surface area contributed by atoms with Crippen molar-refractivity contribution in [1.29, 1.82) is 0 Å². The van der Waals surface area contributed by atoms with Gasteiger partial charge in [-0.1, -0.05) is 23.4 Å². The van der Waals surface area contributed by atoms with Gasteiger partial charge in [-0.05, 0) is 38.9 Å². The molecule has 1 fully saturated rings. The quantitative estimate of drug-likeness (QED) is 0.877. The van der Waals surface area contributed by atoms with E-state index in [9.17, 15) is 0 Å². The number of benzene rings is 1. The Morgan fingerprint density at radius 1 is 1.25 bits per heavy atom. The van der Waals surface area contributed by atoms with Gasteiger partial charge in [0.25, 0.3) is 0 Å². The molecule has 1 saturated heterocycles. The molecule has 0 unspecified atom stereocenters. The zero-order valence-corrected chi connectivity index (χ0v) is 11.6. The number of hydrogen-bond acceptors (Lipinski definition) is 5. The predicted octanol–water partition coefficient (Wildman–Crippen LogP) is 1.27. The highest BCUT2D eigenvalue weighted by atomic mass is 16.5. The molecule has 20 heavy (non-hydrogen) atoms. The summed E-state index contributed by atoms with van der Waals surface area (Å²) in [5.41, 5.74) is 0.939. The van der Waals surface area contributed by atoms with Gasteiger partial charge < -0.3 is 10.1 Å². The second kappa shape index (κ2) is 5.58.